The number of amides is 1. The molecule has 1 fully saturated rings. The summed E-state index contributed by atoms with van der Waals surface area (Å²) in [6, 6.07) is 4.95. The molecule has 39 heavy (non-hydrogen) atoms. The highest BCUT2D eigenvalue weighted by molar-refractivity contribution is 6.34. The van der Waals surface area contributed by atoms with Gasteiger partial charge < -0.3 is 14.4 Å². The van der Waals surface area contributed by atoms with E-state index in [0.29, 0.717) is 61.1 Å². The fraction of sp³-hybridized carbons (Fsp3) is 0.357. The largest absolute Gasteiger partial charge is 0.488 e. The maximum atomic E-state index is 13.6. The number of fused-ring (bicyclic) bond motifs is 2. The number of ether oxygens (including phenoxy) is 2. The fourth-order valence-electron chi connectivity index (χ4n) is 5.49. The van der Waals surface area contributed by atoms with Crippen molar-refractivity contribution in [2.75, 3.05) is 26.3 Å². The molecular formula is C28H28ClFN6O3. The SMILES string of the molecule is C=CC(=O)N1CCc2c(C)c(-c3cc(OCC4(c5ccc(F)cn5)CCCO4)c4c(Cl)cnn4c3)nn2CC1. The normalized spacial score (nSPS) is 19.2. The van der Waals surface area contributed by atoms with Gasteiger partial charge >= 0.3 is 0 Å². The Morgan fingerprint density at radius 3 is 2.92 bits per heavy atom. The molecule has 0 spiro atoms. The monoisotopic (exact) mass is 550 g/mol. The number of aromatic nitrogens is 5. The Morgan fingerprint density at radius 2 is 2.18 bits per heavy atom. The minimum atomic E-state index is -0.788. The third-order valence-corrected chi connectivity index (χ3v) is 7.85. The molecule has 11 heteroatoms. The molecule has 1 saturated heterocycles. The van der Waals surface area contributed by atoms with Gasteiger partial charge in [0.15, 0.2) is 0 Å². The fourth-order valence-corrected chi connectivity index (χ4v) is 5.72. The van der Waals surface area contributed by atoms with E-state index in [4.69, 9.17) is 26.2 Å². The molecule has 0 N–H and O–H groups in total. The predicted molar refractivity (Wildman–Crippen MR) is 143 cm³/mol. The lowest BCUT2D eigenvalue weighted by Crippen LogP contribution is -2.33. The van der Waals surface area contributed by atoms with Crippen LogP contribution in [-0.2, 0) is 28.1 Å². The zero-order valence-electron chi connectivity index (χ0n) is 21.6. The van der Waals surface area contributed by atoms with E-state index in [-0.39, 0.29) is 12.5 Å². The van der Waals surface area contributed by atoms with Crippen LogP contribution in [0.3, 0.4) is 0 Å². The Balaban J connectivity index is 1.34. The number of nitrogens with zero attached hydrogens (tertiary/aromatic N) is 6. The summed E-state index contributed by atoms with van der Waals surface area (Å²) in [5, 5.41) is 9.80. The number of rotatable bonds is 6. The first-order valence-corrected chi connectivity index (χ1v) is 13.3. The van der Waals surface area contributed by atoms with Crippen molar-refractivity contribution in [1.29, 1.82) is 0 Å². The maximum Gasteiger partial charge on any atom is 0.246 e. The van der Waals surface area contributed by atoms with Gasteiger partial charge in [-0.1, -0.05) is 18.2 Å². The van der Waals surface area contributed by atoms with Gasteiger partial charge in [-0.15, -0.1) is 0 Å². The zero-order valence-corrected chi connectivity index (χ0v) is 22.3. The summed E-state index contributed by atoms with van der Waals surface area (Å²) in [4.78, 5) is 18.2. The van der Waals surface area contributed by atoms with Crippen molar-refractivity contribution >= 4 is 23.0 Å². The third kappa shape index (κ3) is 4.57. The lowest BCUT2D eigenvalue weighted by atomic mass is 9.96. The summed E-state index contributed by atoms with van der Waals surface area (Å²) in [6.07, 6.45) is 8.27. The molecule has 2 aliphatic heterocycles. The van der Waals surface area contributed by atoms with E-state index in [2.05, 4.69) is 16.7 Å². The van der Waals surface area contributed by atoms with Gasteiger partial charge in [0.1, 0.15) is 29.3 Å². The molecule has 4 aromatic rings. The molecule has 202 valence electrons. The van der Waals surface area contributed by atoms with E-state index in [0.717, 1.165) is 28.9 Å². The smallest absolute Gasteiger partial charge is 0.246 e. The number of carbonyl (C=O) groups is 1. The standard InChI is InChI=1S/C28H28ClFN6O3/c1-3-25(37)34-9-7-22-18(2)26(33-35(22)11-10-34)19-13-23(27-21(29)15-32-36(27)16-19)38-17-28(8-4-12-39-28)24-6-5-20(30)14-31-24/h3,5-6,13-16H,1,4,7-12,17H2,2H3. The second-order valence-electron chi connectivity index (χ2n) is 9.90. The van der Waals surface area contributed by atoms with Crippen LogP contribution in [0, 0.1) is 12.7 Å². The Morgan fingerprint density at radius 1 is 1.31 bits per heavy atom. The summed E-state index contributed by atoms with van der Waals surface area (Å²) >= 11 is 6.52. The first-order chi connectivity index (χ1) is 18.9. The van der Waals surface area contributed by atoms with Gasteiger partial charge in [-0.2, -0.15) is 10.2 Å². The van der Waals surface area contributed by atoms with E-state index < -0.39 is 11.4 Å². The predicted octanol–water partition coefficient (Wildman–Crippen LogP) is 4.35. The quantitative estimate of drug-likeness (QED) is 0.332. The molecule has 0 bridgehead atoms. The van der Waals surface area contributed by atoms with E-state index >= 15 is 0 Å². The van der Waals surface area contributed by atoms with E-state index in [1.165, 1.54) is 18.3 Å². The summed E-state index contributed by atoms with van der Waals surface area (Å²) in [5.41, 5.74) is 4.26. The van der Waals surface area contributed by atoms with Crippen molar-refractivity contribution in [2.45, 2.75) is 38.3 Å². The Kier molecular flexibility index (Phi) is 6.60. The lowest BCUT2D eigenvalue weighted by molar-refractivity contribution is -0.126. The van der Waals surface area contributed by atoms with Gasteiger partial charge in [0, 0.05) is 43.6 Å². The minimum Gasteiger partial charge on any atom is -0.488 e. The maximum absolute atomic E-state index is 13.6. The van der Waals surface area contributed by atoms with Crippen LogP contribution in [0.1, 0.15) is 29.8 Å². The van der Waals surface area contributed by atoms with Crippen LogP contribution in [0.5, 0.6) is 5.75 Å². The average Bonchev–Trinajstić information content (AvgIpc) is 3.61. The number of carbonyl (C=O) groups excluding carboxylic acids is 1. The van der Waals surface area contributed by atoms with Crippen LogP contribution in [0.15, 0.2) is 49.4 Å². The summed E-state index contributed by atoms with van der Waals surface area (Å²) < 4.78 is 29.8. The lowest BCUT2D eigenvalue weighted by Gasteiger charge is -2.28. The van der Waals surface area contributed by atoms with Crippen molar-refractivity contribution in [3.05, 3.63) is 77.2 Å². The highest BCUT2D eigenvalue weighted by Gasteiger charge is 2.40. The van der Waals surface area contributed by atoms with E-state index in [1.54, 1.807) is 21.7 Å². The average molecular weight is 551 g/mol. The van der Waals surface area contributed by atoms with Crippen LogP contribution in [0.4, 0.5) is 4.39 Å². The third-order valence-electron chi connectivity index (χ3n) is 7.57. The molecule has 0 saturated carbocycles. The molecule has 9 nitrogen and oxygen atoms in total. The summed E-state index contributed by atoms with van der Waals surface area (Å²) in [5.74, 6) is 0.0701. The molecule has 2 aliphatic rings. The molecule has 0 aromatic carbocycles. The highest BCUT2D eigenvalue weighted by atomic mass is 35.5. The molecule has 0 aliphatic carbocycles. The second-order valence-corrected chi connectivity index (χ2v) is 10.3. The molecule has 6 rings (SSSR count). The second kappa shape index (κ2) is 10.1. The molecule has 1 amide bonds. The summed E-state index contributed by atoms with van der Waals surface area (Å²) in [6.45, 7) is 8.17. The van der Waals surface area contributed by atoms with Crippen molar-refractivity contribution in [3.8, 4) is 17.0 Å². The minimum absolute atomic E-state index is 0.0683. The number of pyridine rings is 2. The number of halogens is 2. The Bertz CT molecular complexity index is 1560. The van der Waals surface area contributed by atoms with Crippen molar-refractivity contribution < 1.29 is 18.7 Å². The Labute approximate surface area is 229 Å². The van der Waals surface area contributed by atoms with E-state index in [9.17, 15) is 9.18 Å². The molecule has 4 aromatic heterocycles. The first kappa shape index (κ1) is 25.5. The van der Waals surface area contributed by atoms with Gasteiger partial charge in [0.25, 0.3) is 0 Å². The van der Waals surface area contributed by atoms with Gasteiger partial charge in [-0.3, -0.25) is 14.5 Å². The summed E-state index contributed by atoms with van der Waals surface area (Å²) in [7, 11) is 0. The number of hydrogen-bond acceptors (Lipinski definition) is 6. The van der Waals surface area contributed by atoms with Gasteiger partial charge in [0.2, 0.25) is 5.91 Å². The highest BCUT2D eigenvalue weighted by Crippen LogP contribution is 2.38. The number of hydrogen-bond donors (Lipinski definition) is 0. The molecule has 1 unspecified atom stereocenters. The molecular weight excluding hydrogens is 523 g/mol. The van der Waals surface area contributed by atoms with Crippen LogP contribution in [-0.4, -0.2) is 61.5 Å². The first-order valence-electron chi connectivity index (χ1n) is 12.9. The van der Waals surface area contributed by atoms with Gasteiger partial charge in [0.05, 0.1) is 35.3 Å². The van der Waals surface area contributed by atoms with Crippen LogP contribution in [0.2, 0.25) is 5.02 Å². The van der Waals surface area contributed by atoms with Crippen LogP contribution < -0.4 is 4.74 Å². The van der Waals surface area contributed by atoms with Crippen molar-refractivity contribution in [2.24, 2.45) is 0 Å². The van der Waals surface area contributed by atoms with Gasteiger partial charge in [-0.25, -0.2) is 8.91 Å². The zero-order chi connectivity index (χ0) is 27.1. The molecule has 1 atom stereocenters. The van der Waals surface area contributed by atoms with Crippen molar-refractivity contribution in [3.63, 3.8) is 0 Å². The topological polar surface area (TPSA) is 86.8 Å². The van der Waals surface area contributed by atoms with Crippen molar-refractivity contribution in [1.82, 2.24) is 29.3 Å². The molecule has 6 heterocycles. The van der Waals surface area contributed by atoms with Gasteiger partial charge in [-0.05, 0) is 49.6 Å². The Hall–Kier alpha value is -3.76. The van der Waals surface area contributed by atoms with E-state index in [1.807, 2.05) is 23.9 Å². The molecule has 0 radical (unpaired) electrons. The van der Waals surface area contributed by atoms with Crippen LogP contribution in [0.25, 0.3) is 16.8 Å². The van der Waals surface area contributed by atoms with Crippen LogP contribution >= 0.6 is 11.6 Å².